The van der Waals surface area contributed by atoms with Crippen molar-refractivity contribution < 1.29 is 4.42 Å². The number of furan rings is 1. The summed E-state index contributed by atoms with van der Waals surface area (Å²) in [5.41, 5.74) is 5.53. The lowest BCUT2D eigenvalue weighted by atomic mass is 10.1. The second kappa shape index (κ2) is 6.10. The highest BCUT2D eigenvalue weighted by Crippen LogP contribution is 2.37. The van der Waals surface area contributed by atoms with Gasteiger partial charge in [0.25, 0.3) is 0 Å². The van der Waals surface area contributed by atoms with Crippen molar-refractivity contribution in [2.75, 3.05) is 0 Å². The molecule has 0 bridgehead atoms. The average Bonchev–Trinajstić information content (AvgIpc) is 3.29. The van der Waals surface area contributed by atoms with Gasteiger partial charge in [-0.15, -0.1) is 13.3 Å². The van der Waals surface area contributed by atoms with Crippen LogP contribution >= 0.6 is 0 Å². The van der Waals surface area contributed by atoms with E-state index in [4.69, 9.17) is 4.42 Å². The van der Waals surface area contributed by atoms with Crippen molar-refractivity contribution in [1.82, 2.24) is 4.57 Å². The molecule has 0 N–H and O–H groups in total. The maximum Gasteiger partial charge on any atom is 0.159 e. The normalized spacial score (nSPS) is 12.5. The predicted molar refractivity (Wildman–Crippen MR) is 131 cm³/mol. The third-order valence-electron chi connectivity index (χ3n) is 6.13. The molecule has 0 fully saturated rings. The Morgan fingerprint density at radius 1 is 0.567 bits per heavy atom. The Labute approximate surface area is 176 Å². The highest BCUT2D eigenvalue weighted by molar-refractivity contribution is 6.90. The monoisotopic (exact) mass is 405 g/mol. The summed E-state index contributed by atoms with van der Waals surface area (Å²) >= 11 is 0. The minimum atomic E-state index is -1.53. The van der Waals surface area contributed by atoms with Crippen molar-refractivity contribution in [2.24, 2.45) is 0 Å². The fourth-order valence-electron chi connectivity index (χ4n) is 4.75. The van der Waals surface area contributed by atoms with Crippen LogP contribution in [0.1, 0.15) is 0 Å². The highest BCUT2D eigenvalue weighted by atomic mass is 28.3. The zero-order valence-corrected chi connectivity index (χ0v) is 18.4. The van der Waals surface area contributed by atoms with Gasteiger partial charge in [-0.25, -0.2) is 0 Å². The Morgan fingerprint density at radius 3 is 1.73 bits per heavy atom. The molecular formula is C27H23NOSi-. The van der Waals surface area contributed by atoms with Crippen LogP contribution in [0.3, 0.4) is 0 Å². The van der Waals surface area contributed by atoms with Gasteiger partial charge in [0, 0.05) is 21.5 Å². The predicted octanol–water partition coefficient (Wildman–Crippen LogP) is 7.23. The van der Waals surface area contributed by atoms with Crippen molar-refractivity contribution in [1.29, 1.82) is 0 Å². The summed E-state index contributed by atoms with van der Waals surface area (Å²) in [7, 11) is -1.53. The Kier molecular flexibility index (Phi) is 3.57. The average molecular weight is 406 g/mol. The number of benzene rings is 4. The van der Waals surface area contributed by atoms with E-state index in [1.807, 2.05) is 0 Å². The standard InChI is InChI=1S/C27H23NOSi/c1-30(2,3)25-17-9-13-21-20-12-8-16-24(26(20)29-27(21)25)28-22-14-6-4-10-18(22)19-11-5-7-15-23(19)28/h4-17H,1-3H3/q-1. The lowest BCUT2D eigenvalue weighted by Crippen LogP contribution is -2.37. The molecule has 2 heterocycles. The summed E-state index contributed by atoms with van der Waals surface area (Å²) in [6.07, 6.45) is 0. The van der Waals surface area contributed by atoms with Crippen LogP contribution in [0.15, 0.2) is 89.3 Å². The van der Waals surface area contributed by atoms with Gasteiger partial charge in [-0.05, 0) is 18.2 Å². The van der Waals surface area contributed by atoms with Gasteiger partial charge in [0.2, 0.25) is 0 Å². The molecule has 0 aliphatic rings. The van der Waals surface area contributed by atoms with Crippen LogP contribution < -0.4 is 5.19 Å². The van der Waals surface area contributed by atoms with E-state index in [1.165, 1.54) is 37.8 Å². The fraction of sp³-hybridized carbons (Fsp3) is 0.111. The molecule has 0 aliphatic carbocycles. The maximum atomic E-state index is 6.68. The molecule has 0 aliphatic heterocycles. The van der Waals surface area contributed by atoms with E-state index in [9.17, 15) is 0 Å². The van der Waals surface area contributed by atoms with E-state index in [0.29, 0.717) is 0 Å². The summed E-state index contributed by atoms with van der Waals surface area (Å²) in [6.45, 7) is 7.13. The number of fused-ring (bicyclic) bond motifs is 6. The van der Waals surface area contributed by atoms with E-state index in [0.717, 1.165) is 16.9 Å². The molecule has 0 atom stereocenters. The van der Waals surface area contributed by atoms with Crippen molar-refractivity contribution in [2.45, 2.75) is 19.6 Å². The molecule has 6 rings (SSSR count). The lowest BCUT2D eigenvalue weighted by molar-refractivity contribution is 0.668. The molecule has 147 valence electrons. The van der Waals surface area contributed by atoms with Gasteiger partial charge in [0.15, 0.2) is 5.58 Å². The summed E-state index contributed by atoms with van der Waals surface area (Å²) in [6, 6.07) is 30.4. The quantitative estimate of drug-likeness (QED) is 0.278. The molecule has 6 aromatic rings. The molecule has 0 radical (unpaired) electrons. The number of hydrogen-bond acceptors (Lipinski definition) is 1. The van der Waals surface area contributed by atoms with Gasteiger partial charge in [-0.1, -0.05) is 66.7 Å². The minimum Gasteiger partial charge on any atom is -0.457 e. The molecule has 0 unspecified atom stereocenters. The molecule has 30 heavy (non-hydrogen) atoms. The van der Waals surface area contributed by atoms with Crippen molar-refractivity contribution in [3.05, 3.63) is 84.9 Å². The van der Waals surface area contributed by atoms with Gasteiger partial charge in [0.1, 0.15) is 5.58 Å². The maximum absolute atomic E-state index is 6.68. The number of para-hydroxylation sites is 4. The molecular weight excluding hydrogens is 382 g/mol. The molecule has 0 saturated carbocycles. The number of aromatic nitrogens is 1. The molecule has 3 heteroatoms. The fourth-order valence-corrected chi connectivity index (χ4v) is 6.22. The van der Waals surface area contributed by atoms with Crippen LogP contribution in [-0.4, -0.2) is 12.6 Å². The van der Waals surface area contributed by atoms with Gasteiger partial charge in [-0.3, -0.25) is 0 Å². The first-order valence-corrected chi connectivity index (χ1v) is 14.0. The smallest absolute Gasteiger partial charge is 0.159 e. The van der Waals surface area contributed by atoms with Crippen LogP contribution in [0.5, 0.6) is 0 Å². The number of hydrogen-bond donors (Lipinski definition) is 0. The number of rotatable bonds is 2. The Balaban J connectivity index is 1.79. The Bertz CT molecular complexity index is 1530. The van der Waals surface area contributed by atoms with E-state index in [2.05, 4.69) is 109 Å². The van der Waals surface area contributed by atoms with Crippen LogP contribution in [0.25, 0.3) is 49.4 Å². The van der Waals surface area contributed by atoms with Gasteiger partial charge in [-0.2, -0.15) is 19.6 Å². The molecule has 2 aromatic heterocycles. The SMILES string of the molecule is C[Si-](C)(C)c1cccc2c1oc1c(-n3c4ccccc4c4ccccc43)cccc12. The van der Waals surface area contributed by atoms with Crippen molar-refractivity contribution in [3.63, 3.8) is 0 Å². The summed E-state index contributed by atoms with van der Waals surface area (Å²) in [5.74, 6) is 0. The Hall–Kier alpha value is -3.30. The van der Waals surface area contributed by atoms with E-state index < -0.39 is 8.07 Å². The largest absolute Gasteiger partial charge is 0.457 e. The first kappa shape index (κ1) is 17.5. The van der Waals surface area contributed by atoms with Gasteiger partial charge < -0.3 is 8.98 Å². The summed E-state index contributed by atoms with van der Waals surface area (Å²) in [5, 5.41) is 6.31. The molecule has 0 amide bonds. The third kappa shape index (κ3) is 2.36. The molecule has 0 saturated heterocycles. The van der Waals surface area contributed by atoms with Crippen LogP contribution in [0.4, 0.5) is 0 Å². The van der Waals surface area contributed by atoms with Gasteiger partial charge in [0.05, 0.1) is 16.7 Å². The zero-order valence-electron chi connectivity index (χ0n) is 17.4. The first-order valence-electron chi connectivity index (χ1n) is 10.5. The van der Waals surface area contributed by atoms with Crippen molar-refractivity contribution in [3.8, 4) is 5.69 Å². The van der Waals surface area contributed by atoms with E-state index in [1.54, 1.807) is 0 Å². The topological polar surface area (TPSA) is 18.1 Å². The summed E-state index contributed by atoms with van der Waals surface area (Å²) in [4.78, 5) is 0. The molecule has 0 spiro atoms. The lowest BCUT2D eigenvalue weighted by Gasteiger charge is -2.28. The van der Waals surface area contributed by atoms with Crippen LogP contribution in [-0.2, 0) is 0 Å². The summed E-state index contributed by atoms with van der Waals surface area (Å²) < 4.78 is 9.03. The highest BCUT2D eigenvalue weighted by Gasteiger charge is 2.18. The van der Waals surface area contributed by atoms with Gasteiger partial charge >= 0.3 is 0 Å². The second-order valence-electron chi connectivity index (χ2n) is 9.06. The number of nitrogens with zero attached hydrogens (tertiary/aromatic N) is 1. The Morgan fingerprint density at radius 2 is 1.10 bits per heavy atom. The van der Waals surface area contributed by atoms with Crippen molar-refractivity contribution >= 4 is 57.0 Å². The first-order chi connectivity index (χ1) is 14.5. The zero-order chi connectivity index (χ0) is 20.5. The minimum absolute atomic E-state index is 0.963. The second-order valence-corrected chi connectivity index (χ2v) is 14.1. The van der Waals surface area contributed by atoms with E-state index in [-0.39, 0.29) is 0 Å². The van der Waals surface area contributed by atoms with Crippen LogP contribution in [0, 0.1) is 0 Å². The third-order valence-corrected chi connectivity index (χ3v) is 8.14. The van der Waals surface area contributed by atoms with E-state index >= 15 is 0 Å². The molecule has 4 aromatic carbocycles. The molecule has 2 nitrogen and oxygen atoms in total. The van der Waals surface area contributed by atoms with Crippen LogP contribution in [0.2, 0.25) is 19.6 Å².